The van der Waals surface area contributed by atoms with Crippen molar-refractivity contribution in [1.82, 2.24) is 0 Å². The van der Waals surface area contributed by atoms with E-state index >= 15 is 0 Å². The third-order valence-electron chi connectivity index (χ3n) is 6.47. The van der Waals surface area contributed by atoms with Gasteiger partial charge in [-0.25, -0.2) is 0 Å². The van der Waals surface area contributed by atoms with Gasteiger partial charge in [0.1, 0.15) is 11.5 Å². The SMILES string of the molecule is COc1ccc(C2/C(=C(\O)c3cc(Cl)cc(Cl)c3OC)C(=O)C(=O)N2c2ccc(C(C)C)cc2)cc1OC. The lowest BCUT2D eigenvalue weighted by molar-refractivity contribution is -0.132. The molecule has 0 saturated carbocycles. The number of ether oxygens (including phenoxy) is 3. The lowest BCUT2D eigenvalue weighted by Gasteiger charge is -2.26. The van der Waals surface area contributed by atoms with Crippen LogP contribution in [0.2, 0.25) is 10.0 Å². The predicted molar refractivity (Wildman–Crippen MR) is 148 cm³/mol. The van der Waals surface area contributed by atoms with Gasteiger partial charge < -0.3 is 19.3 Å². The fourth-order valence-electron chi connectivity index (χ4n) is 4.55. The number of rotatable bonds is 7. The predicted octanol–water partition coefficient (Wildman–Crippen LogP) is 6.77. The van der Waals surface area contributed by atoms with Crippen molar-refractivity contribution in [3.63, 3.8) is 0 Å². The summed E-state index contributed by atoms with van der Waals surface area (Å²) >= 11 is 12.5. The van der Waals surface area contributed by atoms with Crippen molar-refractivity contribution in [2.75, 3.05) is 26.2 Å². The molecule has 1 amide bonds. The molecule has 0 aromatic heterocycles. The maximum Gasteiger partial charge on any atom is 0.300 e. The molecule has 0 spiro atoms. The second-order valence-corrected chi connectivity index (χ2v) is 9.84. The number of Topliss-reactive ketones (excluding diaryl/α,β-unsaturated/α-hetero) is 1. The Morgan fingerprint density at radius 1 is 0.895 bits per heavy atom. The quantitative estimate of drug-likeness (QED) is 0.197. The van der Waals surface area contributed by atoms with Crippen LogP contribution in [0, 0.1) is 0 Å². The molecule has 1 saturated heterocycles. The Labute approximate surface area is 231 Å². The van der Waals surface area contributed by atoms with Crippen molar-refractivity contribution in [2.45, 2.75) is 25.8 Å². The van der Waals surface area contributed by atoms with E-state index in [1.54, 1.807) is 30.3 Å². The third-order valence-corrected chi connectivity index (χ3v) is 6.97. The van der Waals surface area contributed by atoms with Crippen LogP contribution in [0.5, 0.6) is 17.2 Å². The topological polar surface area (TPSA) is 85.3 Å². The highest BCUT2D eigenvalue weighted by molar-refractivity contribution is 6.52. The number of hydrogen-bond donors (Lipinski definition) is 1. The average Bonchev–Trinajstić information content (AvgIpc) is 3.17. The molecule has 1 heterocycles. The Kier molecular flexibility index (Phi) is 7.90. The number of anilines is 1. The van der Waals surface area contributed by atoms with Crippen LogP contribution in [-0.4, -0.2) is 38.1 Å². The minimum Gasteiger partial charge on any atom is -0.507 e. The van der Waals surface area contributed by atoms with Crippen LogP contribution < -0.4 is 19.1 Å². The Hall–Kier alpha value is -3.68. The Morgan fingerprint density at radius 3 is 2.13 bits per heavy atom. The van der Waals surface area contributed by atoms with Gasteiger partial charge >= 0.3 is 0 Å². The molecule has 0 radical (unpaired) electrons. The summed E-state index contributed by atoms with van der Waals surface area (Å²) < 4.78 is 16.2. The summed E-state index contributed by atoms with van der Waals surface area (Å²) in [6.45, 7) is 4.13. The highest BCUT2D eigenvalue weighted by atomic mass is 35.5. The zero-order chi connectivity index (χ0) is 27.7. The van der Waals surface area contributed by atoms with Crippen molar-refractivity contribution in [3.05, 3.63) is 86.9 Å². The van der Waals surface area contributed by atoms with Crippen molar-refractivity contribution in [1.29, 1.82) is 0 Å². The largest absolute Gasteiger partial charge is 0.507 e. The molecule has 1 unspecified atom stereocenters. The van der Waals surface area contributed by atoms with Gasteiger partial charge in [-0.1, -0.05) is 55.2 Å². The summed E-state index contributed by atoms with van der Waals surface area (Å²) in [6.07, 6.45) is 0. The molecular weight excluding hydrogens is 529 g/mol. The number of nitrogens with zero attached hydrogens (tertiary/aromatic N) is 1. The van der Waals surface area contributed by atoms with Gasteiger partial charge in [0.2, 0.25) is 0 Å². The van der Waals surface area contributed by atoms with Gasteiger partial charge in [-0.05, 0) is 53.4 Å². The lowest BCUT2D eigenvalue weighted by Crippen LogP contribution is -2.29. The highest BCUT2D eigenvalue weighted by Gasteiger charge is 2.47. The first-order chi connectivity index (χ1) is 18.1. The molecule has 1 fully saturated rings. The van der Waals surface area contributed by atoms with E-state index in [1.807, 2.05) is 12.1 Å². The molecule has 7 nitrogen and oxygen atoms in total. The minimum absolute atomic E-state index is 0.0867. The molecule has 198 valence electrons. The van der Waals surface area contributed by atoms with Crippen LogP contribution >= 0.6 is 23.2 Å². The number of ketones is 1. The summed E-state index contributed by atoms with van der Waals surface area (Å²) in [5.41, 5.74) is 2.02. The van der Waals surface area contributed by atoms with E-state index in [0.717, 1.165) is 5.56 Å². The van der Waals surface area contributed by atoms with E-state index in [4.69, 9.17) is 37.4 Å². The zero-order valence-corrected chi connectivity index (χ0v) is 23.1. The number of halogens is 2. The van der Waals surface area contributed by atoms with Gasteiger partial charge in [-0.2, -0.15) is 0 Å². The second kappa shape index (κ2) is 11.0. The molecule has 1 N–H and O–H groups in total. The number of benzene rings is 3. The monoisotopic (exact) mass is 555 g/mol. The summed E-state index contributed by atoms with van der Waals surface area (Å²) in [4.78, 5) is 28.4. The van der Waals surface area contributed by atoms with E-state index in [-0.39, 0.29) is 32.8 Å². The van der Waals surface area contributed by atoms with Gasteiger partial charge in [-0.15, -0.1) is 0 Å². The number of aliphatic hydroxyl groups excluding tert-OH is 1. The smallest absolute Gasteiger partial charge is 0.300 e. The number of hydrogen-bond acceptors (Lipinski definition) is 6. The molecule has 38 heavy (non-hydrogen) atoms. The first-order valence-electron chi connectivity index (χ1n) is 11.8. The van der Waals surface area contributed by atoms with Crippen molar-refractivity contribution in [3.8, 4) is 17.2 Å². The molecule has 0 bridgehead atoms. The second-order valence-electron chi connectivity index (χ2n) is 9.00. The fourth-order valence-corrected chi connectivity index (χ4v) is 5.12. The summed E-state index contributed by atoms with van der Waals surface area (Å²) in [5, 5.41) is 11.9. The van der Waals surface area contributed by atoms with Crippen LogP contribution in [0.1, 0.15) is 42.5 Å². The Morgan fingerprint density at radius 2 is 1.55 bits per heavy atom. The number of aliphatic hydroxyl groups is 1. The lowest BCUT2D eigenvalue weighted by atomic mass is 9.94. The third kappa shape index (κ3) is 4.79. The molecule has 1 aliphatic rings. The van der Waals surface area contributed by atoms with Crippen molar-refractivity contribution >= 4 is 46.3 Å². The molecule has 3 aromatic carbocycles. The zero-order valence-electron chi connectivity index (χ0n) is 21.5. The van der Waals surface area contributed by atoms with Crippen LogP contribution in [-0.2, 0) is 9.59 Å². The molecule has 9 heteroatoms. The van der Waals surface area contributed by atoms with Gasteiger partial charge in [0.15, 0.2) is 11.5 Å². The molecule has 1 atom stereocenters. The van der Waals surface area contributed by atoms with Gasteiger partial charge in [0, 0.05) is 10.7 Å². The van der Waals surface area contributed by atoms with Crippen LogP contribution in [0.3, 0.4) is 0 Å². The van der Waals surface area contributed by atoms with E-state index in [1.165, 1.54) is 38.4 Å². The normalized spacial score (nSPS) is 16.7. The number of methoxy groups -OCH3 is 3. The molecule has 0 aliphatic carbocycles. The number of carbonyl (C=O) groups is 2. The van der Waals surface area contributed by atoms with Crippen LogP contribution in [0.15, 0.2) is 60.2 Å². The van der Waals surface area contributed by atoms with Crippen molar-refractivity contribution < 1.29 is 28.9 Å². The molecular formula is C29H27Cl2NO6. The number of amides is 1. The van der Waals surface area contributed by atoms with E-state index < -0.39 is 23.5 Å². The van der Waals surface area contributed by atoms with Crippen molar-refractivity contribution in [2.24, 2.45) is 0 Å². The summed E-state index contributed by atoms with van der Waals surface area (Å²) in [7, 11) is 4.38. The van der Waals surface area contributed by atoms with Crippen LogP contribution in [0.25, 0.3) is 5.76 Å². The summed E-state index contributed by atoms with van der Waals surface area (Å²) in [6, 6.07) is 14.3. The first kappa shape index (κ1) is 27.4. The van der Waals surface area contributed by atoms with E-state index in [9.17, 15) is 14.7 Å². The summed E-state index contributed by atoms with van der Waals surface area (Å²) in [5.74, 6) is -0.866. The van der Waals surface area contributed by atoms with Gasteiger partial charge in [0.05, 0.1) is 43.5 Å². The Balaban J connectivity index is 2.00. The highest BCUT2D eigenvalue weighted by Crippen LogP contribution is 2.46. The number of carbonyl (C=O) groups excluding carboxylic acids is 2. The van der Waals surface area contributed by atoms with Gasteiger partial charge in [-0.3, -0.25) is 14.5 Å². The van der Waals surface area contributed by atoms with Crippen LogP contribution in [0.4, 0.5) is 5.69 Å². The fraction of sp³-hybridized carbons (Fsp3) is 0.241. The molecule has 4 rings (SSSR count). The minimum atomic E-state index is -0.998. The molecule has 3 aromatic rings. The van der Waals surface area contributed by atoms with Gasteiger partial charge in [0.25, 0.3) is 11.7 Å². The standard InChI is InChI=1S/C29H27Cl2NO6/c1-15(2)16-6-9-19(10-7-16)32-25(17-8-11-22(36-3)23(12-17)37-4)24(27(34)29(32)35)26(33)20-13-18(30)14-21(31)28(20)38-5/h6-15,25,33H,1-5H3/b26-24+. The maximum absolute atomic E-state index is 13.5. The maximum atomic E-state index is 13.5. The molecule has 1 aliphatic heterocycles. The van der Waals surface area contributed by atoms with E-state index in [2.05, 4.69) is 13.8 Å². The Bertz CT molecular complexity index is 1430. The van der Waals surface area contributed by atoms with E-state index in [0.29, 0.717) is 22.7 Å². The average molecular weight is 556 g/mol. The first-order valence-corrected chi connectivity index (χ1v) is 12.5.